The van der Waals surface area contributed by atoms with Gasteiger partial charge < -0.3 is 10.1 Å². The number of phenols is 1. The summed E-state index contributed by atoms with van der Waals surface area (Å²) in [6.45, 7) is 3.23. The number of anilines is 2. The Morgan fingerprint density at radius 3 is 1.87 bits per heavy atom. The summed E-state index contributed by atoms with van der Waals surface area (Å²) in [5, 5.41) is 10.1. The average Bonchev–Trinajstić information content (AvgIpc) is 3.39. The lowest BCUT2D eigenvalue weighted by Crippen LogP contribution is -2.30. The molecule has 14 nitrogen and oxygen atoms in total. The van der Waals surface area contributed by atoms with Gasteiger partial charge in [-0.1, -0.05) is 30.3 Å². The summed E-state index contributed by atoms with van der Waals surface area (Å²) >= 11 is 0. The van der Waals surface area contributed by atoms with Crippen molar-refractivity contribution in [2.45, 2.75) is 26.7 Å². The Morgan fingerprint density at radius 2 is 1.33 bits per heavy atom. The van der Waals surface area contributed by atoms with Crippen molar-refractivity contribution in [3.8, 4) is 5.75 Å². The fourth-order valence-electron chi connectivity index (χ4n) is 5.04. The van der Waals surface area contributed by atoms with Crippen molar-refractivity contribution in [2.75, 3.05) is 21.7 Å². The van der Waals surface area contributed by atoms with E-state index < -0.39 is 32.2 Å². The summed E-state index contributed by atoms with van der Waals surface area (Å²) in [4.78, 5) is 41.0. The number of pyridine rings is 2. The zero-order valence-electron chi connectivity index (χ0n) is 24.7. The van der Waals surface area contributed by atoms with Crippen LogP contribution in [0.2, 0.25) is 0 Å². The summed E-state index contributed by atoms with van der Waals surface area (Å²) in [5.74, 6) is -1.44. The Kier molecular flexibility index (Phi) is 8.85. The third kappa shape index (κ3) is 7.35. The molecule has 2 amide bonds. The first kappa shape index (κ1) is 32.2. The van der Waals surface area contributed by atoms with E-state index >= 15 is 0 Å². The van der Waals surface area contributed by atoms with Crippen LogP contribution in [-0.4, -0.2) is 56.8 Å². The van der Waals surface area contributed by atoms with Gasteiger partial charge in [-0.25, -0.2) is 18.1 Å². The molecule has 4 N–H and O–H groups in total. The van der Waals surface area contributed by atoms with Gasteiger partial charge >= 0.3 is 20.4 Å². The molecule has 0 bridgehead atoms. The Morgan fingerprint density at radius 1 is 0.739 bits per heavy atom. The van der Waals surface area contributed by atoms with E-state index in [2.05, 4.69) is 9.97 Å². The van der Waals surface area contributed by atoms with E-state index in [9.17, 15) is 36.3 Å². The summed E-state index contributed by atoms with van der Waals surface area (Å²) in [6, 6.07) is 20.6. The minimum absolute atomic E-state index is 0.0219. The number of hydrogen-bond donors (Lipinski definition) is 4. The fourth-order valence-corrected chi connectivity index (χ4v) is 7.42. The zero-order chi connectivity index (χ0) is 33.2. The Balaban J connectivity index is 0.000000181. The van der Waals surface area contributed by atoms with Gasteiger partial charge in [-0.2, -0.15) is 16.8 Å². The molecule has 0 atom stereocenters. The number of aromatic hydroxyl groups is 1. The minimum Gasteiger partial charge on any atom is -0.506 e. The smallest absolute Gasteiger partial charge is 0.326 e. The van der Waals surface area contributed by atoms with Crippen molar-refractivity contribution in [3.63, 3.8) is 0 Å². The second-order valence-corrected chi connectivity index (χ2v) is 13.9. The molecule has 0 unspecified atom stereocenters. The normalized spacial score (nSPS) is 16.4. The largest absolute Gasteiger partial charge is 0.506 e. The van der Waals surface area contributed by atoms with Gasteiger partial charge in [0.1, 0.15) is 18.8 Å². The summed E-state index contributed by atoms with van der Waals surface area (Å²) in [5.41, 5.74) is 5.43. The maximum absolute atomic E-state index is 11.9. The van der Waals surface area contributed by atoms with E-state index in [0.29, 0.717) is 29.8 Å². The van der Waals surface area contributed by atoms with E-state index in [1.807, 2.05) is 53.6 Å². The first-order valence-electron chi connectivity index (χ1n) is 13.9. The van der Waals surface area contributed by atoms with Crippen LogP contribution >= 0.6 is 0 Å². The molecule has 0 aliphatic carbocycles. The Labute approximate surface area is 265 Å². The third-order valence-electron chi connectivity index (χ3n) is 7.03. The van der Waals surface area contributed by atoms with Crippen LogP contribution in [-0.2, 0) is 42.8 Å². The Bertz CT molecular complexity index is 2120. The summed E-state index contributed by atoms with van der Waals surface area (Å²) < 4.78 is 53.1. The van der Waals surface area contributed by atoms with Crippen molar-refractivity contribution in [2.24, 2.45) is 0 Å². The number of nitrogens with one attached hydrogen (secondary N) is 3. The van der Waals surface area contributed by atoms with E-state index in [0.717, 1.165) is 31.1 Å². The maximum Gasteiger partial charge on any atom is 0.326 e. The van der Waals surface area contributed by atoms with E-state index in [-0.39, 0.29) is 30.1 Å². The first-order chi connectivity index (χ1) is 21.7. The van der Waals surface area contributed by atoms with Gasteiger partial charge in [-0.3, -0.25) is 19.4 Å². The standard InChI is InChI=1S/C16H17N3O3S.C14H13N3O5S/c1-11-8-13(9-14-5-3-4-12(2)17-14)6-7-15(11)19-10-16(20)18-23(19,21)22;18-12-7-9(6-10-2-1-3-13(19)15-10)4-5-11(12)17-8-14(20)16-23(17,21)22/h3-8H,9-10H2,1-2H3,(H,18,20);1-5,7,18H,6,8H2,(H,15,19)(H,16,20). The third-order valence-corrected chi connectivity index (χ3v) is 9.82. The lowest BCUT2D eigenvalue weighted by atomic mass is 10.0. The van der Waals surface area contributed by atoms with Crippen molar-refractivity contribution >= 4 is 43.6 Å². The van der Waals surface area contributed by atoms with Crippen molar-refractivity contribution in [3.05, 3.63) is 117 Å². The molecule has 6 rings (SSSR count). The maximum atomic E-state index is 11.9. The lowest BCUT2D eigenvalue weighted by Gasteiger charge is -2.18. The molecule has 0 saturated carbocycles. The first-order valence-corrected chi connectivity index (χ1v) is 16.8. The van der Waals surface area contributed by atoms with Crippen LogP contribution < -0.4 is 23.6 Å². The topological polar surface area (TPSA) is 199 Å². The second-order valence-electron chi connectivity index (χ2n) is 10.7. The van der Waals surface area contributed by atoms with Gasteiger partial charge in [0.25, 0.3) is 11.8 Å². The molecular formula is C30H30N6O8S2. The van der Waals surface area contributed by atoms with Crippen LogP contribution in [0.4, 0.5) is 11.4 Å². The highest BCUT2D eigenvalue weighted by molar-refractivity contribution is 7.92. The number of aryl methyl sites for hydroxylation is 2. The molecule has 16 heteroatoms. The lowest BCUT2D eigenvalue weighted by molar-refractivity contribution is -0.118. The minimum atomic E-state index is -3.96. The molecule has 2 saturated heterocycles. The number of carbonyl (C=O) groups is 2. The number of H-pyrrole nitrogens is 1. The van der Waals surface area contributed by atoms with Crippen LogP contribution in [0, 0.1) is 13.8 Å². The number of hydrogen-bond acceptors (Lipinski definition) is 9. The molecule has 0 radical (unpaired) electrons. The molecule has 2 aromatic carbocycles. The highest BCUT2D eigenvalue weighted by Crippen LogP contribution is 2.32. The predicted molar refractivity (Wildman–Crippen MR) is 170 cm³/mol. The fraction of sp³-hybridized carbons (Fsp3) is 0.200. The summed E-state index contributed by atoms with van der Waals surface area (Å²) in [7, 11) is -7.73. The molecule has 4 heterocycles. The van der Waals surface area contributed by atoms with Crippen LogP contribution in [0.15, 0.2) is 77.6 Å². The van der Waals surface area contributed by atoms with Crippen LogP contribution in [0.25, 0.3) is 0 Å². The monoisotopic (exact) mass is 666 g/mol. The highest BCUT2D eigenvalue weighted by atomic mass is 32.2. The van der Waals surface area contributed by atoms with Crippen LogP contribution in [0.1, 0.15) is 33.8 Å². The molecular weight excluding hydrogens is 636 g/mol. The van der Waals surface area contributed by atoms with Gasteiger partial charge in [0.2, 0.25) is 5.56 Å². The molecule has 46 heavy (non-hydrogen) atoms. The number of benzene rings is 2. The van der Waals surface area contributed by atoms with Crippen LogP contribution in [0.5, 0.6) is 5.75 Å². The number of nitrogens with zero attached hydrogens (tertiary/aromatic N) is 3. The number of rotatable bonds is 6. The predicted octanol–water partition coefficient (Wildman–Crippen LogP) is 1.32. The van der Waals surface area contributed by atoms with Crippen molar-refractivity contribution in [1.29, 1.82) is 0 Å². The number of phenolic OH excluding ortho intramolecular Hbond substituents is 1. The number of aromatic amines is 1. The van der Waals surface area contributed by atoms with Gasteiger partial charge in [0.05, 0.1) is 11.4 Å². The van der Waals surface area contributed by atoms with Crippen molar-refractivity contribution in [1.82, 2.24) is 19.4 Å². The molecule has 4 aromatic rings. The number of aromatic nitrogens is 2. The molecule has 2 aliphatic heterocycles. The van der Waals surface area contributed by atoms with E-state index in [1.54, 1.807) is 24.3 Å². The SMILES string of the molecule is Cc1cccc(Cc2ccc(N3CC(=O)NS3(=O)=O)c(C)c2)n1.O=C1CN(c2ccc(Cc3cccc(=O)[nH]3)cc2O)S(=O)(=O)N1. The number of carbonyl (C=O) groups excluding carboxylic acids is 2. The molecule has 2 aromatic heterocycles. The molecule has 240 valence electrons. The molecule has 0 spiro atoms. The molecule has 2 aliphatic rings. The van der Waals surface area contributed by atoms with E-state index in [1.165, 1.54) is 18.2 Å². The second kappa shape index (κ2) is 12.6. The zero-order valence-corrected chi connectivity index (χ0v) is 26.4. The number of amides is 2. The quantitative estimate of drug-likeness (QED) is 0.234. The van der Waals surface area contributed by atoms with Gasteiger partial charge in [0, 0.05) is 36.0 Å². The molecule has 2 fully saturated rings. The van der Waals surface area contributed by atoms with Crippen molar-refractivity contribution < 1.29 is 31.5 Å². The van der Waals surface area contributed by atoms with Crippen LogP contribution in [0.3, 0.4) is 0 Å². The van der Waals surface area contributed by atoms with Gasteiger partial charge in [-0.15, -0.1) is 0 Å². The average molecular weight is 667 g/mol. The van der Waals surface area contributed by atoms with Gasteiger partial charge in [-0.05, 0) is 66.9 Å². The van der Waals surface area contributed by atoms with E-state index in [4.69, 9.17) is 0 Å². The Hall–Kier alpha value is -5.22. The highest BCUT2D eigenvalue weighted by Gasteiger charge is 2.36. The van der Waals surface area contributed by atoms with Gasteiger partial charge in [0.15, 0.2) is 0 Å². The summed E-state index contributed by atoms with van der Waals surface area (Å²) in [6.07, 6.45) is 1.04.